The zero-order valence-electron chi connectivity index (χ0n) is 13.2. The Hall–Kier alpha value is -0.980. The molecule has 0 spiro atoms. The second-order valence-corrected chi connectivity index (χ2v) is 7.64. The highest BCUT2D eigenvalue weighted by Gasteiger charge is 2.28. The molecule has 0 unspecified atom stereocenters. The zero-order chi connectivity index (χ0) is 16.2. The first kappa shape index (κ1) is 18.1. The highest BCUT2D eigenvalue weighted by Crippen LogP contribution is 2.25. The number of rotatable bonds is 7. The molecule has 0 atom stereocenters. The first-order valence-corrected chi connectivity index (χ1v) is 8.61. The van der Waals surface area contributed by atoms with Gasteiger partial charge in [0.1, 0.15) is 5.82 Å². The van der Waals surface area contributed by atoms with Crippen LogP contribution in [-0.2, 0) is 10.0 Å². The first-order valence-electron chi connectivity index (χ1n) is 7.17. The van der Waals surface area contributed by atoms with Gasteiger partial charge >= 0.3 is 0 Å². The van der Waals surface area contributed by atoms with Crippen molar-refractivity contribution >= 4 is 10.0 Å². The number of hydrogen-bond acceptors (Lipinski definition) is 3. The molecule has 0 aliphatic rings. The molecular formula is C15H25FN2O2S. The van der Waals surface area contributed by atoms with Gasteiger partial charge in [-0.15, -0.1) is 0 Å². The lowest BCUT2D eigenvalue weighted by atomic mass is 10.1. The van der Waals surface area contributed by atoms with Crippen LogP contribution in [0.15, 0.2) is 17.0 Å². The number of aryl methyl sites for hydroxylation is 2. The molecule has 1 rings (SSSR count). The van der Waals surface area contributed by atoms with Gasteiger partial charge in [-0.2, -0.15) is 4.31 Å². The number of hydrogen-bond donors (Lipinski definition) is 1. The van der Waals surface area contributed by atoms with E-state index < -0.39 is 15.8 Å². The van der Waals surface area contributed by atoms with E-state index in [2.05, 4.69) is 0 Å². The Morgan fingerprint density at radius 2 is 1.76 bits per heavy atom. The number of halogens is 1. The minimum atomic E-state index is -3.64. The Morgan fingerprint density at radius 1 is 1.24 bits per heavy atom. The van der Waals surface area contributed by atoms with Crippen LogP contribution in [-0.4, -0.2) is 32.4 Å². The summed E-state index contributed by atoms with van der Waals surface area (Å²) >= 11 is 0. The molecule has 2 N–H and O–H groups in total. The van der Waals surface area contributed by atoms with E-state index in [1.807, 2.05) is 13.8 Å². The predicted molar refractivity (Wildman–Crippen MR) is 83.1 cm³/mol. The normalized spacial score (nSPS) is 12.4. The summed E-state index contributed by atoms with van der Waals surface area (Å²) in [6.07, 6.45) is 0.602. The minimum absolute atomic E-state index is 0.207. The lowest BCUT2D eigenvalue weighted by molar-refractivity contribution is 0.364. The van der Waals surface area contributed by atoms with Crippen molar-refractivity contribution in [2.45, 2.75) is 39.0 Å². The lowest BCUT2D eigenvalue weighted by Crippen LogP contribution is -2.36. The summed E-state index contributed by atoms with van der Waals surface area (Å²) in [5, 5.41) is 0. The molecular weight excluding hydrogens is 291 g/mol. The van der Waals surface area contributed by atoms with Crippen molar-refractivity contribution in [3.63, 3.8) is 0 Å². The zero-order valence-corrected chi connectivity index (χ0v) is 14.0. The third kappa shape index (κ3) is 4.49. The third-order valence-corrected chi connectivity index (χ3v) is 5.37. The van der Waals surface area contributed by atoms with Crippen LogP contribution < -0.4 is 5.73 Å². The largest absolute Gasteiger partial charge is 0.330 e. The lowest BCUT2D eigenvalue weighted by Gasteiger charge is -2.25. The van der Waals surface area contributed by atoms with Crippen molar-refractivity contribution in [1.82, 2.24) is 4.31 Å². The van der Waals surface area contributed by atoms with Crippen LogP contribution in [0.3, 0.4) is 0 Å². The molecule has 4 nitrogen and oxygen atoms in total. The van der Waals surface area contributed by atoms with E-state index in [9.17, 15) is 12.8 Å². The predicted octanol–water partition coefficient (Wildman–Crippen LogP) is 2.44. The van der Waals surface area contributed by atoms with E-state index in [4.69, 9.17) is 5.73 Å². The van der Waals surface area contributed by atoms with Gasteiger partial charge in [-0.1, -0.05) is 13.8 Å². The molecule has 1 aromatic carbocycles. The summed E-state index contributed by atoms with van der Waals surface area (Å²) in [7, 11) is -3.64. The van der Waals surface area contributed by atoms with Crippen LogP contribution in [0.25, 0.3) is 0 Å². The Kier molecular flexibility index (Phi) is 6.31. The average molecular weight is 316 g/mol. The van der Waals surface area contributed by atoms with Gasteiger partial charge in [-0.3, -0.25) is 0 Å². The molecule has 6 heteroatoms. The summed E-state index contributed by atoms with van der Waals surface area (Å²) in [4.78, 5) is 0.210. The Balaban J connectivity index is 3.28. The molecule has 0 saturated carbocycles. The molecule has 120 valence electrons. The van der Waals surface area contributed by atoms with Gasteiger partial charge in [-0.25, -0.2) is 12.8 Å². The maximum Gasteiger partial charge on any atom is 0.243 e. The van der Waals surface area contributed by atoms with Gasteiger partial charge in [0.15, 0.2) is 0 Å². The van der Waals surface area contributed by atoms with E-state index in [1.165, 1.54) is 16.4 Å². The molecule has 0 radical (unpaired) electrons. The van der Waals surface area contributed by atoms with Gasteiger partial charge in [-0.05, 0) is 56.0 Å². The molecule has 0 bridgehead atoms. The fourth-order valence-electron chi connectivity index (χ4n) is 2.42. The van der Waals surface area contributed by atoms with Crippen molar-refractivity contribution in [3.05, 3.63) is 29.1 Å². The molecule has 0 fully saturated rings. The summed E-state index contributed by atoms with van der Waals surface area (Å²) < 4.78 is 40.6. The monoisotopic (exact) mass is 316 g/mol. The van der Waals surface area contributed by atoms with Crippen LogP contribution in [0.1, 0.15) is 31.4 Å². The van der Waals surface area contributed by atoms with Gasteiger partial charge in [0.05, 0.1) is 4.90 Å². The quantitative estimate of drug-likeness (QED) is 0.840. The Labute approximate surface area is 127 Å². The van der Waals surface area contributed by atoms with E-state index in [0.717, 1.165) is 0 Å². The van der Waals surface area contributed by atoms with Crippen molar-refractivity contribution in [3.8, 4) is 0 Å². The average Bonchev–Trinajstić information content (AvgIpc) is 2.32. The molecule has 0 aliphatic carbocycles. The summed E-state index contributed by atoms with van der Waals surface area (Å²) in [6, 6.07) is 2.52. The number of nitrogens with two attached hydrogens (primary N) is 1. The minimum Gasteiger partial charge on any atom is -0.330 e. The van der Waals surface area contributed by atoms with E-state index in [1.54, 1.807) is 13.8 Å². The van der Waals surface area contributed by atoms with Crippen molar-refractivity contribution in [2.75, 3.05) is 19.6 Å². The number of nitrogens with zero attached hydrogens (tertiary/aromatic N) is 1. The van der Waals surface area contributed by atoms with Crippen molar-refractivity contribution < 1.29 is 12.8 Å². The van der Waals surface area contributed by atoms with Crippen LogP contribution in [0.2, 0.25) is 0 Å². The molecule has 0 aromatic heterocycles. The van der Waals surface area contributed by atoms with Gasteiger partial charge in [0.25, 0.3) is 0 Å². The van der Waals surface area contributed by atoms with Crippen LogP contribution >= 0.6 is 0 Å². The Morgan fingerprint density at radius 3 is 2.19 bits per heavy atom. The number of benzene rings is 1. The molecule has 1 aromatic rings. The fraction of sp³-hybridized carbons (Fsp3) is 0.600. The van der Waals surface area contributed by atoms with Gasteiger partial charge < -0.3 is 5.73 Å². The van der Waals surface area contributed by atoms with E-state index in [-0.39, 0.29) is 10.8 Å². The van der Waals surface area contributed by atoms with E-state index >= 15 is 0 Å². The summed E-state index contributed by atoms with van der Waals surface area (Å²) in [6.45, 7) is 8.43. The van der Waals surface area contributed by atoms with E-state index in [0.29, 0.717) is 37.2 Å². The van der Waals surface area contributed by atoms with Crippen LogP contribution in [0.5, 0.6) is 0 Å². The van der Waals surface area contributed by atoms with Gasteiger partial charge in [0, 0.05) is 13.1 Å². The van der Waals surface area contributed by atoms with Gasteiger partial charge in [0.2, 0.25) is 10.0 Å². The van der Waals surface area contributed by atoms with Crippen LogP contribution in [0.4, 0.5) is 4.39 Å². The van der Waals surface area contributed by atoms with Crippen molar-refractivity contribution in [1.29, 1.82) is 0 Å². The first-order chi connectivity index (χ1) is 9.70. The second kappa shape index (κ2) is 7.33. The molecule has 21 heavy (non-hydrogen) atoms. The topological polar surface area (TPSA) is 63.4 Å². The SMILES string of the molecule is Cc1cc(F)cc(C)c1S(=O)(=O)N(CCCN)CC(C)C. The fourth-order valence-corrected chi connectivity index (χ4v) is 4.47. The Bertz CT molecular complexity index is 562. The standard InChI is InChI=1S/C15H25FN2O2S/c1-11(2)10-18(7-5-6-17)21(19,20)15-12(3)8-14(16)9-13(15)4/h8-9,11H,5-7,10,17H2,1-4H3. The summed E-state index contributed by atoms with van der Waals surface area (Å²) in [5.41, 5.74) is 6.38. The maximum atomic E-state index is 13.4. The second-order valence-electron chi connectivity index (χ2n) is 5.77. The summed E-state index contributed by atoms with van der Waals surface area (Å²) in [5.74, 6) is -0.208. The molecule has 0 saturated heterocycles. The number of sulfonamides is 1. The molecule has 0 heterocycles. The molecule has 0 aliphatic heterocycles. The highest BCUT2D eigenvalue weighted by molar-refractivity contribution is 7.89. The van der Waals surface area contributed by atoms with Crippen LogP contribution in [0, 0.1) is 25.6 Å². The van der Waals surface area contributed by atoms with Crippen molar-refractivity contribution in [2.24, 2.45) is 11.7 Å². The maximum absolute atomic E-state index is 13.4. The third-order valence-electron chi connectivity index (χ3n) is 3.20. The smallest absolute Gasteiger partial charge is 0.243 e. The molecule has 0 amide bonds. The highest BCUT2D eigenvalue weighted by atomic mass is 32.2.